The van der Waals surface area contributed by atoms with E-state index in [1.165, 1.54) is 12.1 Å². The lowest BCUT2D eigenvalue weighted by Crippen LogP contribution is -2.13. The Morgan fingerprint density at radius 1 is 1.15 bits per heavy atom. The third kappa shape index (κ3) is 2.36. The number of benzodiazepines with no additional fused rings is 1. The molecule has 1 N–H and O–H groups in total. The minimum atomic E-state index is -0.361. The van der Waals surface area contributed by atoms with E-state index in [9.17, 15) is 9.18 Å². The first-order valence-corrected chi connectivity index (χ1v) is 6.83. The standard InChI is InChI=1S/C15H10BrFN2O/c16-12-4-2-1-3-10(12)15-11-7-9(17)5-6-13(11)19-14(20)8-18-15/h1-7H,8H2,(H,19,20). The summed E-state index contributed by atoms with van der Waals surface area (Å²) in [7, 11) is 0. The Kier molecular flexibility index (Phi) is 3.36. The number of hydrogen-bond acceptors (Lipinski definition) is 2. The SMILES string of the molecule is O=C1CN=C(c2ccccc2Br)c2cc(F)ccc2N1. The molecule has 3 nitrogen and oxygen atoms in total. The van der Waals surface area contributed by atoms with Gasteiger partial charge in [-0.3, -0.25) is 9.79 Å². The smallest absolute Gasteiger partial charge is 0.246 e. The van der Waals surface area contributed by atoms with E-state index >= 15 is 0 Å². The predicted octanol–water partition coefficient (Wildman–Crippen LogP) is 3.38. The molecule has 1 amide bonds. The Morgan fingerprint density at radius 3 is 2.75 bits per heavy atom. The summed E-state index contributed by atoms with van der Waals surface area (Å²) in [6.07, 6.45) is 0. The molecule has 1 heterocycles. The zero-order chi connectivity index (χ0) is 14.1. The van der Waals surface area contributed by atoms with Crippen molar-refractivity contribution in [1.29, 1.82) is 0 Å². The van der Waals surface area contributed by atoms with Crippen molar-refractivity contribution in [3.05, 3.63) is 63.9 Å². The second-order valence-electron chi connectivity index (χ2n) is 4.38. The summed E-state index contributed by atoms with van der Waals surface area (Å²) in [5.41, 5.74) is 2.59. The molecule has 1 aliphatic rings. The molecular weight excluding hydrogens is 323 g/mol. The number of carbonyl (C=O) groups is 1. The highest BCUT2D eigenvalue weighted by atomic mass is 79.9. The molecule has 2 aromatic rings. The number of nitrogens with zero attached hydrogens (tertiary/aromatic N) is 1. The van der Waals surface area contributed by atoms with Crippen molar-refractivity contribution in [2.45, 2.75) is 0 Å². The van der Waals surface area contributed by atoms with Crippen LogP contribution in [0, 0.1) is 5.82 Å². The van der Waals surface area contributed by atoms with Crippen molar-refractivity contribution < 1.29 is 9.18 Å². The molecule has 0 atom stereocenters. The summed E-state index contributed by atoms with van der Waals surface area (Å²) in [6, 6.07) is 11.8. The van der Waals surface area contributed by atoms with Crippen LogP contribution in [0.3, 0.4) is 0 Å². The third-order valence-corrected chi connectivity index (χ3v) is 3.71. The fourth-order valence-electron chi connectivity index (χ4n) is 2.13. The molecule has 1 aliphatic heterocycles. The molecule has 3 rings (SSSR count). The number of amides is 1. The number of carbonyl (C=O) groups excluding carboxylic acids is 1. The Morgan fingerprint density at radius 2 is 1.95 bits per heavy atom. The van der Waals surface area contributed by atoms with Crippen LogP contribution in [0.15, 0.2) is 51.9 Å². The Hall–Kier alpha value is -2.01. The van der Waals surface area contributed by atoms with Gasteiger partial charge < -0.3 is 5.32 Å². The summed E-state index contributed by atoms with van der Waals surface area (Å²) < 4.78 is 14.4. The van der Waals surface area contributed by atoms with Crippen LogP contribution in [0.25, 0.3) is 0 Å². The monoisotopic (exact) mass is 332 g/mol. The number of aliphatic imine (C=N–C) groups is 1. The van der Waals surface area contributed by atoms with Gasteiger partial charge in [-0.1, -0.05) is 34.1 Å². The minimum Gasteiger partial charge on any atom is -0.324 e. The molecule has 0 aliphatic carbocycles. The van der Waals surface area contributed by atoms with Gasteiger partial charge in [0.2, 0.25) is 5.91 Å². The average Bonchev–Trinajstić information content (AvgIpc) is 2.58. The van der Waals surface area contributed by atoms with E-state index in [0.29, 0.717) is 17.0 Å². The highest BCUT2D eigenvalue weighted by Crippen LogP contribution is 2.27. The minimum absolute atomic E-state index is 0.0208. The molecule has 0 spiro atoms. The lowest BCUT2D eigenvalue weighted by atomic mass is 10.0. The van der Waals surface area contributed by atoms with Gasteiger partial charge in [0.25, 0.3) is 0 Å². The fraction of sp³-hybridized carbons (Fsp3) is 0.0667. The summed E-state index contributed by atoms with van der Waals surface area (Å²) in [4.78, 5) is 16.0. The molecule has 0 aromatic heterocycles. The third-order valence-electron chi connectivity index (χ3n) is 3.02. The number of benzene rings is 2. The van der Waals surface area contributed by atoms with Gasteiger partial charge >= 0.3 is 0 Å². The molecule has 2 aromatic carbocycles. The van der Waals surface area contributed by atoms with Crippen LogP contribution in [0.4, 0.5) is 10.1 Å². The van der Waals surface area contributed by atoms with E-state index in [1.54, 1.807) is 6.07 Å². The normalized spacial score (nSPS) is 14.1. The molecule has 5 heteroatoms. The van der Waals surface area contributed by atoms with E-state index in [-0.39, 0.29) is 18.3 Å². The van der Waals surface area contributed by atoms with Crippen LogP contribution in [-0.4, -0.2) is 18.2 Å². The van der Waals surface area contributed by atoms with E-state index in [2.05, 4.69) is 26.2 Å². The molecule has 100 valence electrons. The number of halogens is 2. The van der Waals surface area contributed by atoms with E-state index < -0.39 is 0 Å². The lowest BCUT2D eigenvalue weighted by Gasteiger charge is -2.11. The zero-order valence-electron chi connectivity index (χ0n) is 10.4. The maximum atomic E-state index is 13.5. The molecule has 0 bridgehead atoms. The van der Waals surface area contributed by atoms with Crippen LogP contribution >= 0.6 is 15.9 Å². The average molecular weight is 333 g/mol. The fourth-order valence-corrected chi connectivity index (χ4v) is 2.60. The molecule has 0 fully saturated rings. The van der Waals surface area contributed by atoms with E-state index in [4.69, 9.17) is 0 Å². The number of anilines is 1. The maximum Gasteiger partial charge on any atom is 0.246 e. The van der Waals surface area contributed by atoms with Crippen molar-refractivity contribution in [2.24, 2.45) is 4.99 Å². The van der Waals surface area contributed by atoms with Crippen molar-refractivity contribution >= 4 is 33.2 Å². The van der Waals surface area contributed by atoms with Crippen molar-refractivity contribution in [1.82, 2.24) is 0 Å². The van der Waals surface area contributed by atoms with Crippen LogP contribution in [0.1, 0.15) is 11.1 Å². The second kappa shape index (κ2) is 5.17. The van der Waals surface area contributed by atoms with E-state index in [0.717, 1.165) is 10.0 Å². The summed E-state index contributed by atoms with van der Waals surface area (Å²) >= 11 is 3.46. The van der Waals surface area contributed by atoms with Gasteiger partial charge in [-0.05, 0) is 24.3 Å². The summed E-state index contributed by atoms with van der Waals surface area (Å²) in [5, 5.41) is 2.73. The van der Waals surface area contributed by atoms with Crippen LogP contribution in [0.5, 0.6) is 0 Å². The Labute approximate surface area is 123 Å². The van der Waals surface area contributed by atoms with Crippen LogP contribution in [0.2, 0.25) is 0 Å². The number of hydrogen-bond donors (Lipinski definition) is 1. The molecule has 0 radical (unpaired) electrons. The number of nitrogens with one attached hydrogen (secondary N) is 1. The number of rotatable bonds is 1. The first-order chi connectivity index (χ1) is 9.65. The zero-order valence-corrected chi connectivity index (χ0v) is 11.9. The van der Waals surface area contributed by atoms with Gasteiger partial charge in [-0.15, -0.1) is 0 Å². The molecular formula is C15H10BrFN2O. The number of fused-ring (bicyclic) bond motifs is 1. The van der Waals surface area contributed by atoms with Crippen molar-refractivity contribution in [3.63, 3.8) is 0 Å². The lowest BCUT2D eigenvalue weighted by molar-refractivity contribution is -0.114. The van der Waals surface area contributed by atoms with E-state index in [1.807, 2.05) is 24.3 Å². The molecule has 20 heavy (non-hydrogen) atoms. The Balaban J connectivity index is 2.23. The van der Waals surface area contributed by atoms with Crippen molar-refractivity contribution in [3.8, 4) is 0 Å². The second-order valence-corrected chi connectivity index (χ2v) is 5.24. The largest absolute Gasteiger partial charge is 0.324 e. The first kappa shape index (κ1) is 13.0. The summed E-state index contributed by atoms with van der Waals surface area (Å²) in [6.45, 7) is 0.0208. The van der Waals surface area contributed by atoms with Gasteiger partial charge in [-0.25, -0.2) is 4.39 Å². The first-order valence-electron chi connectivity index (χ1n) is 6.04. The predicted molar refractivity (Wildman–Crippen MR) is 79.7 cm³/mol. The molecule has 0 saturated heterocycles. The Bertz CT molecular complexity index is 728. The highest BCUT2D eigenvalue weighted by molar-refractivity contribution is 9.10. The van der Waals surface area contributed by atoms with Crippen molar-refractivity contribution in [2.75, 3.05) is 11.9 Å². The van der Waals surface area contributed by atoms with Gasteiger partial charge in [0.05, 0.1) is 11.4 Å². The maximum absolute atomic E-state index is 13.5. The topological polar surface area (TPSA) is 41.5 Å². The van der Waals surface area contributed by atoms with Gasteiger partial charge in [-0.2, -0.15) is 0 Å². The van der Waals surface area contributed by atoms with Gasteiger partial charge in [0.15, 0.2) is 0 Å². The summed E-state index contributed by atoms with van der Waals surface area (Å²) in [5.74, 6) is -0.570. The van der Waals surface area contributed by atoms with Gasteiger partial charge in [0.1, 0.15) is 12.4 Å². The highest BCUT2D eigenvalue weighted by Gasteiger charge is 2.19. The molecule has 0 saturated carbocycles. The quantitative estimate of drug-likeness (QED) is 0.854. The van der Waals surface area contributed by atoms with Gasteiger partial charge in [0, 0.05) is 15.6 Å². The van der Waals surface area contributed by atoms with Crippen LogP contribution < -0.4 is 5.32 Å². The van der Waals surface area contributed by atoms with Crippen LogP contribution in [-0.2, 0) is 4.79 Å². The molecule has 0 unspecified atom stereocenters.